The predicted molar refractivity (Wildman–Crippen MR) is 86.6 cm³/mol. The SMILES string of the molecule is CCCCCCN(C(P(=O)(O)O)P(=O)(O)O)C(P(=O)(O)O)P(=O)(O)O. The van der Waals surface area contributed by atoms with Gasteiger partial charge in [-0.25, -0.2) is 0 Å². The number of rotatable bonds is 11. The Bertz CT molecular complexity index is 523. The fourth-order valence-electron chi connectivity index (χ4n) is 2.24. The lowest BCUT2D eigenvalue weighted by Gasteiger charge is -2.37. The summed E-state index contributed by atoms with van der Waals surface area (Å²) >= 11 is 0. The van der Waals surface area contributed by atoms with Crippen molar-refractivity contribution in [2.45, 2.75) is 43.7 Å². The van der Waals surface area contributed by atoms with E-state index in [1.807, 2.05) is 0 Å². The molecule has 0 aliphatic carbocycles. The van der Waals surface area contributed by atoms with Crippen LogP contribution in [-0.2, 0) is 18.3 Å². The van der Waals surface area contributed by atoms with Crippen molar-refractivity contribution in [1.29, 1.82) is 0 Å². The van der Waals surface area contributed by atoms with Crippen LogP contribution in [0.2, 0.25) is 0 Å². The molecule has 0 rings (SSSR count). The summed E-state index contributed by atoms with van der Waals surface area (Å²) in [5.74, 6) is 0. The van der Waals surface area contributed by atoms with Crippen molar-refractivity contribution >= 4 is 30.4 Å². The van der Waals surface area contributed by atoms with Crippen LogP contribution >= 0.6 is 30.4 Å². The Morgan fingerprint density at radius 3 is 1.20 bits per heavy atom. The van der Waals surface area contributed by atoms with Crippen molar-refractivity contribution < 1.29 is 57.4 Å². The van der Waals surface area contributed by atoms with Crippen molar-refractivity contribution in [2.24, 2.45) is 0 Å². The highest BCUT2D eigenvalue weighted by Crippen LogP contribution is 2.68. The van der Waals surface area contributed by atoms with E-state index in [9.17, 15) is 57.4 Å². The van der Waals surface area contributed by atoms with Crippen LogP contribution in [-0.4, -0.2) is 61.6 Å². The molecular formula is C8H23NO12P4. The van der Waals surface area contributed by atoms with E-state index < -0.39 is 48.0 Å². The first-order valence-corrected chi connectivity index (χ1v) is 13.6. The summed E-state index contributed by atoms with van der Waals surface area (Å²) in [6.45, 7) is 1.06. The Morgan fingerprint density at radius 2 is 0.960 bits per heavy atom. The van der Waals surface area contributed by atoms with Crippen LogP contribution < -0.4 is 0 Å². The van der Waals surface area contributed by atoms with Crippen molar-refractivity contribution in [2.75, 3.05) is 6.54 Å². The minimum atomic E-state index is -5.73. The smallest absolute Gasteiger partial charge is 0.323 e. The van der Waals surface area contributed by atoms with Gasteiger partial charge < -0.3 is 39.1 Å². The van der Waals surface area contributed by atoms with Gasteiger partial charge in [-0.2, -0.15) is 0 Å². The molecule has 0 fully saturated rings. The minimum absolute atomic E-state index is 0.0547. The molecule has 13 nitrogen and oxygen atoms in total. The summed E-state index contributed by atoms with van der Waals surface area (Å²) in [5, 5.41) is 0. The second kappa shape index (κ2) is 9.17. The molecule has 0 amide bonds. The summed E-state index contributed by atoms with van der Waals surface area (Å²) in [7, 11) is -22.9. The standard InChI is InChI=1S/C8H23NO12P4/c1-2-3-4-5-6-9(7(22(10,11)12)23(13,14)15)8(24(16,17)18)25(19,20)21/h7-8H,2-6H2,1H3,(H2,10,11,12)(H2,13,14,15)(H2,16,17,18)(H2,19,20,21). The normalized spacial score (nSPS) is 14.7. The fraction of sp³-hybridized carbons (Fsp3) is 1.00. The second-order valence-corrected chi connectivity index (χ2v) is 12.8. The molecule has 0 unspecified atom stereocenters. The van der Waals surface area contributed by atoms with Crippen LogP contribution in [0.1, 0.15) is 32.6 Å². The van der Waals surface area contributed by atoms with E-state index in [4.69, 9.17) is 0 Å². The average Bonchev–Trinajstić information content (AvgIpc) is 2.26. The number of nitrogens with zero attached hydrogens (tertiary/aromatic N) is 1. The lowest BCUT2D eigenvalue weighted by molar-refractivity contribution is 0.198. The number of hydrogen-bond donors (Lipinski definition) is 8. The number of hydrogen-bond acceptors (Lipinski definition) is 5. The van der Waals surface area contributed by atoms with E-state index in [1.165, 1.54) is 0 Å². The van der Waals surface area contributed by atoms with Gasteiger partial charge in [-0.3, -0.25) is 23.2 Å². The molecule has 0 aliphatic heterocycles. The van der Waals surface area contributed by atoms with Gasteiger partial charge in [-0.15, -0.1) is 0 Å². The van der Waals surface area contributed by atoms with E-state index in [2.05, 4.69) is 0 Å². The molecule has 0 bridgehead atoms. The van der Waals surface area contributed by atoms with Gasteiger partial charge in [0, 0.05) is 6.54 Å². The molecule has 0 spiro atoms. The van der Waals surface area contributed by atoms with Crippen LogP contribution in [0.3, 0.4) is 0 Å². The van der Waals surface area contributed by atoms with E-state index in [0.29, 0.717) is 19.3 Å². The molecule has 0 saturated heterocycles. The largest absolute Gasteiger partial charge is 0.355 e. The molecule has 0 aromatic rings. The zero-order valence-electron chi connectivity index (χ0n) is 13.1. The van der Waals surface area contributed by atoms with E-state index in [1.54, 1.807) is 6.92 Å². The monoisotopic (exact) mass is 449 g/mol. The zero-order chi connectivity index (χ0) is 20.3. The van der Waals surface area contributed by atoms with E-state index in [-0.39, 0.29) is 11.3 Å². The Morgan fingerprint density at radius 1 is 0.640 bits per heavy atom. The molecule has 0 aromatic heterocycles. The first kappa shape index (κ1) is 25.6. The summed E-state index contributed by atoms with van der Waals surface area (Å²) in [4.78, 5) is 73.8. The maximum absolute atomic E-state index is 11.5. The van der Waals surface area contributed by atoms with Crippen molar-refractivity contribution in [1.82, 2.24) is 4.90 Å². The molecule has 8 N–H and O–H groups in total. The maximum Gasteiger partial charge on any atom is 0.355 e. The second-order valence-electron chi connectivity index (χ2n) is 5.35. The van der Waals surface area contributed by atoms with Gasteiger partial charge in [0.25, 0.3) is 0 Å². The lowest BCUT2D eigenvalue weighted by atomic mass is 10.2. The Kier molecular flexibility index (Phi) is 9.37. The summed E-state index contributed by atoms with van der Waals surface area (Å²) in [5.41, 5.74) is -6.18. The Labute approximate surface area is 143 Å². The Balaban J connectivity index is 6.22. The third-order valence-electron chi connectivity index (χ3n) is 3.07. The number of unbranched alkanes of at least 4 members (excludes halogenated alkanes) is 3. The molecular weight excluding hydrogens is 426 g/mol. The first-order valence-electron chi connectivity index (χ1n) is 6.90. The van der Waals surface area contributed by atoms with Crippen LogP contribution in [0.4, 0.5) is 0 Å². The highest BCUT2D eigenvalue weighted by molar-refractivity contribution is 7.72. The minimum Gasteiger partial charge on any atom is -0.323 e. The quantitative estimate of drug-likeness (QED) is 0.155. The predicted octanol–water partition coefficient (Wildman–Crippen LogP) is 0.147. The van der Waals surface area contributed by atoms with Gasteiger partial charge in [0.15, 0.2) is 0 Å². The summed E-state index contributed by atoms with van der Waals surface area (Å²) in [6, 6.07) is 0. The highest BCUT2D eigenvalue weighted by Gasteiger charge is 2.58. The van der Waals surface area contributed by atoms with Gasteiger partial charge in [-0.1, -0.05) is 26.2 Å². The molecule has 0 aromatic carbocycles. The van der Waals surface area contributed by atoms with Crippen molar-refractivity contribution in [3.8, 4) is 0 Å². The van der Waals surface area contributed by atoms with Crippen LogP contribution in [0.15, 0.2) is 0 Å². The lowest BCUT2D eigenvalue weighted by Crippen LogP contribution is -2.43. The van der Waals surface area contributed by atoms with Gasteiger partial charge in [0.1, 0.15) is 0 Å². The van der Waals surface area contributed by atoms with Gasteiger partial charge in [0.2, 0.25) is 11.0 Å². The topological polar surface area (TPSA) is 233 Å². The maximum atomic E-state index is 11.5. The molecule has 0 heterocycles. The van der Waals surface area contributed by atoms with Gasteiger partial charge >= 0.3 is 30.4 Å². The first-order chi connectivity index (χ1) is 10.9. The summed E-state index contributed by atoms with van der Waals surface area (Å²) in [6.07, 6.45) is 1.57. The fourth-order valence-corrected chi connectivity index (χ4v) is 8.33. The average molecular weight is 449 g/mol. The van der Waals surface area contributed by atoms with Crippen LogP contribution in [0.5, 0.6) is 0 Å². The van der Waals surface area contributed by atoms with Crippen molar-refractivity contribution in [3.05, 3.63) is 0 Å². The molecule has 0 aliphatic rings. The molecule has 0 radical (unpaired) electrons. The van der Waals surface area contributed by atoms with Gasteiger partial charge in [0.05, 0.1) is 0 Å². The van der Waals surface area contributed by atoms with Gasteiger partial charge in [-0.05, 0) is 6.42 Å². The third-order valence-corrected chi connectivity index (χ3v) is 10.3. The molecule has 0 atom stereocenters. The molecule has 25 heavy (non-hydrogen) atoms. The van der Waals surface area contributed by atoms with Crippen LogP contribution in [0.25, 0.3) is 0 Å². The van der Waals surface area contributed by atoms with E-state index in [0.717, 1.165) is 0 Å². The molecule has 152 valence electrons. The molecule has 0 saturated carbocycles. The third kappa shape index (κ3) is 8.41. The van der Waals surface area contributed by atoms with E-state index >= 15 is 0 Å². The molecule has 17 heteroatoms. The highest BCUT2D eigenvalue weighted by atomic mass is 31.2. The van der Waals surface area contributed by atoms with Crippen LogP contribution in [0, 0.1) is 0 Å². The zero-order valence-corrected chi connectivity index (χ0v) is 16.7. The summed E-state index contributed by atoms with van der Waals surface area (Å²) < 4.78 is 46.1. The Hall–Kier alpha value is 0.560. The van der Waals surface area contributed by atoms with Crippen molar-refractivity contribution in [3.63, 3.8) is 0 Å².